The number of carbonyl (C=O) groups excluding carboxylic acids is 1. The quantitative estimate of drug-likeness (QED) is 0.747. The van der Waals surface area contributed by atoms with Crippen LogP contribution in [-0.4, -0.2) is 11.0 Å². The van der Waals surface area contributed by atoms with Crippen LogP contribution in [0.3, 0.4) is 0 Å². The van der Waals surface area contributed by atoms with Crippen molar-refractivity contribution in [3.8, 4) is 5.75 Å². The van der Waals surface area contributed by atoms with E-state index in [9.17, 15) is 9.90 Å². The highest BCUT2D eigenvalue weighted by Gasteiger charge is 2.11. The van der Waals surface area contributed by atoms with E-state index in [0.717, 1.165) is 5.56 Å². The molecule has 0 saturated heterocycles. The fraction of sp³-hybridized carbons (Fsp3) is 0.188. The molecular weight excluding hydrogens is 252 g/mol. The maximum atomic E-state index is 12.0. The van der Waals surface area contributed by atoms with Gasteiger partial charge in [0.15, 0.2) is 0 Å². The highest BCUT2D eigenvalue weighted by atomic mass is 16.3. The van der Waals surface area contributed by atoms with Crippen molar-refractivity contribution in [2.75, 3.05) is 5.73 Å². The lowest BCUT2D eigenvalue weighted by Gasteiger charge is -2.15. The van der Waals surface area contributed by atoms with Gasteiger partial charge in [0.05, 0.1) is 12.5 Å². The van der Waals surface area contributed by atoms with Gasteiger partial charge in [-0.25, -0.2) is 0 Å². The summed E-state index contributed by atoms with van der Waals surface area (Å²) in [6.45, 7) is 1.90. The third-order valence-electron chi connectivity index (χ3n) is 3.13. The van der Waals surface area contributed by atoms with Gasteiger partial charge in [-0.2, -0.15) is 0 Å². The topological polar surface area (TPSA) is 75.3 Å². The molecule has 0 fully saturated rings. The van der Waals surface area contributed by atoms with Crippen LogP contribution in [0.5, 0.6) is 5.75 Å². The lowest BCUT2D eigenvalue weighted by atomic mass is 10.1. The number of nitrogen functional groups attached to an aromatic ring is 1. The summed E-state index contributed by atoms with van der Waals surface area (Å²) in [4.78, 5) is 12.0. The molecule has 1 atom stereocenters. The lowest BCUT2D eigenvalue weighted by molar-refractivity contribution is -0.121. The summed E-state index contributed by atoms with van der Waals surface area (Å²) in [6, 6.07) is 14.1. The summed E-state index contributed by atoms with van der Waals surface area (Å²) < 4.78 is 0. The molecule has 4 heteroatoms. The van der Waals surface area contributed by atoms with E-state index < -0.39 is 0 Å². The normalized spacial score (nSPS) is 11.8. The summed E-state index contributed by atoms with van der Waals surface area (Å²) in [5, 5.41) is 12.5. The first-order valence-corrected chi connectivity index (χ1v) is 6.48. The largest absolute Gasteiger partial charge is 0.508 e. The molecule has 2 rings (SSSR count). The van der Waals surface area contributed by atoms with Crippen LogP contribution in [0.4, 0.5) is 5.69 Å². The van der Waals surface area contributed by atoms with Gasteiger partial charge in [0.25, 0.3) is 0 Å². The van der Waals surface area contributed by atoms with Crippen LogP contribution in [0, 0.1) is 0 Å². The first kappa shape index (κ1) is 13.9. The van der Waals surface area contributed by atoms with Crippen molar-refractivity contribution >= 4 is 11.6 Å². The van der Waals surface area contributed by atoms with Crippen LogP contribution in [0.1, 0.15) is 24.1 Å². The minimum absolute atomic E-state index is 0.128. The Kier molecular flexibility index (Phi) is 4.25. The third-order valence-corrected chi connectivity index (χ3v) is 3.13. The van der Waals surface area contributed by atoms with Crippen molar-refractivity contribution in [1.82, 2.24) is 5.32 Å². The standard InChI is InChI=1S/C16H18N2O2/c1-11(12-6-4-7-14(17)9-12)18-16(20)10-13-5-2-3-8-15(13)19/h2-9,11,19H,10,17H2,1H3,(H,18,20). The average molecular weight is 270 g/mol. The zero-order valence-electron chi connectivity index (χ0n) is 11.3. The Morgan fingerprint density at radius 3 is 2.70 bits per heavy atom. The Bertz CT molecular complexity index is 611. The molecule has 2 aromatic rings. The highest BCUT2D eigenvalue weighted by Crippen LogP contribution is 2.18. The Labute approximate surface area is 118 Å². The Morgan fingerprint density at radius 1 is 1.25 bits per heavy atom. The lowest BCUT2D eigenvalue weighted by Crippen LogP contribution is -2.28. The molecule has 0 saturated carbocycles. The average Bonchev–Trinajstić information content (AvgIpc) is 2.41. The van der Waals surface area contributed by atoms with Gasteiger partial charge < -0.3 is 16.2 Å². The van der Waals surface area contributed by atoms with Gasteiger partial charge >= 0.3 is 0 Å². The fourth-order valence-electron chi connectivity index (χ4n) is 2.04. The zero-order valence-corrected chi connectivity index (χ0v) is 11.3. The molecule has 0 aliphatic heterocycles. The molecular formula is C16H18N2O2. The van der Waals surface area contributed by atoms with E-state index in [2.05, 4.69) is 5.32 Å². The Balaban J connectivity index is 2.00. The number of rotatable bonds is 4. The highest BCUT2D eigenvalue weighted by molar-refractivity contribution is 5.79. The van der Waals surface area contributed by atoms with E-state index in [1.54, 1.807) is 30.3 Å². The van der Waals surface area contributed by atoms with Crippen molar-refractivity contribution in [3.63, 3.8) is 0 Å². The fourth-order valence-corrected chi connectivity index (χ4v) is 2.04. The summed E-state index contributed by atoms with van der Waals surface area (Å²) >= 11 is 0. The molecule has 0 aliphatic carbocycles. The van der Waals surface area contributed by atoms with Crippen LogP contribution in [0.25, 0.3) is 0 Å². The molecule has 0 heterocycles. The van der Waals surface area contributed by atoms with Crippen molar-refractivity contribution in [2.45, 2.75) is 19.4 Å². The molecule has 104 valence electrons. The van der Waals surface area contributed by atoms with E-state index in [1.165, 1.54) is 0 Å². The molecule has 1 amide bonds. The number of nitrogens with one attached hydrogen (secondary N) is 1. The SMILES string of the molecule is CC(NC(=O)Cc1ccccc1O)c1cccc(N)c1. The Morgan fingerprint density at radius 2 is 2.00 bits per heavy atom. The van der Waals surface area contributed by atoms with Crippen LogP contribution in [-0.2, 0) is 11.2 Å². The molecule has 1 unspecified atom stereocenters. The van der Waals surface area contributed by atoms with Crippen molar-refractivity contribution < 1.29 is 9.90 Å². The summed E-state index contributed by atoms with van der Waals surface area (Å²) in [7, 11) is 0. The van der Waals surface area contributed by atoms with Gasteiger partial charge in [0.2, 0.25) is 5.91 Å². The summed E-state index contributed by atoms with van der Waals surface area (Å²) in [5.74, 6) is 0.000633. The van der Waals surface area contributed by atoms with E-state index in [0.29, 0.717) is 11.3 Å². The first-order valence-electron chi connectivity index (χ1n) is 6.48. The van der Waals surface area contributed by atoms with Gasteiger partial charge in [-0.15, -0.1) is 0 Å². The van der Waals surface area contributed by atoms with Gasteiger partial charge in [-0.3, -0.25) is 4.79 Å². The number of aromatic hydroxyl groups is 1. The van der Waals surface area contributed by atoms with Crippen molar-refractivity contribution in [3.05, 3.63) is 59.7 Å². The molecule has 0 spiro atoms. The van der Waals surface area contributed by atoms with Crippen LogP contribution < -0.4 is 11.1 Å². The maximum Gasteiger partial charge on any atom is 0.225 e. The molecule has 0 radical (unpaired) electrons. The number of carbonyl (C=O) groups is 1. The predicted octanol–water partition coefficient (Wildman–Crippen LogP) is 2.39. The number of benzene rings is 2. The maximum absolute atomic E-state index is 12.0. The third kappa shape index (κ3) is 3.51. The molecule has 4 nitrogen and oxygen atoms in total. The minimum Gasteiger partial charge on any atom is -0.508 e. The number of nitrogens with two attached hydrogens (primary N) is 1. The van der Waals surface area contributed by atoms with E-state index >= 15 is 0 Å². The van der Waals surface area contributed by atoms with Crippen LogP contribution >= 0.6 is 0 Å². The van der Waals surface area contributed by atoms with Gasteiger partial charge in [0.1, 0.15) is 5.75 Å². The molecule has 20 heavy (non-hydrogen) atoms. The number of amides is 1. The number of hydrogen-bond donors (Lipinski definition) is 3. The number of anilines is 1. The van der Waals surface area contributed by atoms with E-state index in [4.69, 9.17) is 5.73 Å². The monoisotopic (exact) mass is 270 g/mol. The van der Waals surface area contributed by atoms with Crippen molar-refractivity contribution in [2.24, 2.45) is 0 Å². The number of para-hydroxylation sites is 1. The van der Waals surface area contributed by atoms with Gasteiger partial charge in [0, 0.05) is 11.3 Å². The smallest absolute Gasteiger partial charge is 0.225 e. The van der Waals surface area contributed by atoms with Gasteiger partial charge in [-0.1, -0.05) is 30.3 Å². The number of phenols is 1. The summed E-state index contributed by atoms with van der Waals surface area (Å²) in [5.41, 5.74) is 7.97. The second kappa shape index (κ2) is 6.10. The van der Waals surface area contributed by atoms with Gasteiger partial charge in [-0.05, 0) is 30.7 Å². The van der Waals surface area contributed by atoms with E-state index in [-0.39, 0.29) is 24.1 Å². The number of phenolic OH excluding ortho intramolecular Hbond substituents is 1. The minimum atomic E-state index is -0.138. The molecule has 2 aromatic carbocycles. The molecule has 0 aliphatic rings. The molecule has 0 bridgehead atoms. The second-order valence-electron chi connectivity index (χ2n) is 4.76. The summed E-state index contributed by atoms with van der Waals surface area (Å²) in [6.07, 6.45) is 0.152. The second-order valence-corrected chi connectivity index (χ2v) is 4.76. The first-order chi connectivity index (χ1) is 9.56. The number of hydrogen-bond acceptors (Lipinski definition) is 3. The molecule has 4 N–H and O–H groups in total. The zero-order chi connectivity index (χ0) is 14.5. The van der Waals surface area contributed by atoms with Crippen LogP contribution in [0.2, 0.25) is 0 Å². The van der Waals surface area contributed by atoms with Crippen molar-refractivity contribution in [1.29, 1.82) is 0 Å². The van der Waals surface area contributed by atoms with E-state index in [1.807, 2.05) is 25.1 Å². The van der Waals surface area contributed by atoms with Crippen LogP contribution in [0.15, 0.2) is 48.5 Å². The molecule has 0 aromatic heterocycles. The Hall–Kier alpha value is -2.49. The predicted molar refractivity (Wildman–Crippen MR) is 79.2 cm³/mol.